The summed E-state index contributed by atoms with van der Waals surface area (Å²) < 4.78 is 15.3. The lowest BCUT2D eigenvalue weighted by atomic mass is 9.98. The molecule has 4 rings (SSSR count). The SMILES string of the molecule is CC(C)(O)c1cnc([SH](N)(=O)NC(=O)Nc2c3c(cc4c2CCC4=O)CCC3)s1. The van der Waals surface area contributed by atoms with Crippen molar-refractivity contribution in [2.24, 2.45) is 5.14 Å². The van der Waals surface area contributed by atoms with Gasteiger partial charge < -0.3 is 10.4 Å². The first-order valence-electron chi connectivity index (χ1n) is 9.44. The Hall–Kier alpha value is -2.14. The summed E-state index contributed by atoms with van der Waals surface area (Å²) in [7, 11) is -3.77. The second kappa shape index (κ2) is 6.98. The third-order valence-electron chi connectivity index (χ3n) is 5.30. The summed E-state index contributed by atoms with van der Waals surface area (Å²) in [5.41, 5.74) is 3.15. The van der Waals surface area contributed by atoms with Gasteiger partial charge in [0.05, 0.1) is 20.8 Å². The maximum absolute atomic E-state index is 12.9. The quantitative estimate of drug-likeness (QED) is 0.467. The molecule has 0 atom stereocenters. The van der Waals surface area contributed by atoms with Gasteiger partial charge in [-0.1, -0.05) is 0 Å². The highest BCUT2D eigenvalue weighted by Crippen LogP contribution is 2.38. The number of amides is 2. The van der Waals surface area contributed by atoms with Crippen LogP contribution in [0.15, 0.2) is 16.6 Å². The highest BCUT2D eigenvalue weighted by Gasteiger charge is 2.30. The second-order valence-corrected chi connectivity index (χ2v) is 11.3. The van der Waals surface area contributed by atoms with Gasteiger partial charge in [-0.05, 0) is 62.3 Å². The molecule has 2 aromatic rings. The van der Waals surface area contributed by atoms with Crippen molar-refractivity contribution in [3.05, 3.63) is 39.4 Å². The maximum atomic E-state index is 12.9. The zero-order chi connectivity index (χ0) is 21.0. The van der Waals surface area contributed by atoms with E-state index in [0.717, 1.165) is 47.3 Å². The summed E-state index contributed by atoms with van der Waals surface area (Å²) in [5.74, 6) is 0.0876. The number of thiazole rings is 1. The van der Waals surface area contributed by atoms with Crippen molar-refractivity contribution in [3.63, 3.8) is 0 Å². The lowest BCUT2D eigenvalue weighted by molar-refractivity contribution is 0.0823. The number of fused-ring (bicyclic) bond motifs is 2. The molecule has 0 saturated carbocycles. The minimum Gasteiger partial charge on any atom is -0.385 e. The molecule has 10 heteroatoms. The Morgan fingerprint density at radius 1 is 1.28 bits per heavy atom. The van der Waals surface area contributed by atoms with Crippen LogP contribution in [-0.4, -0.2) is 26.1 Å². The van der Waals surface area contributed by atoms with Crippen molar-refractivity contribution in [1.29, 1.82) is 0 Å². The molecule has 0 bridgehead atoms. The van der Waals surface area contributed by atoms with E-state index < -0.39 is 21.9 Å². The number of hydrogen-bond donors (Lipinski definition) is 5. The molecule has 1 aromatic carbocycles. The van der Waals surface area contributed by atoms with E-state index in [2.05, 4.69) is 15.0 Å². The number of nitrogens with two attached hydrogens (primary N) is 1. The molecule has 0 unspecified atom stereocenters. The van der Waals surface area contributed by atoms with Gasteiger partial charge in [0.2, 0.25) is 0 Å². The maximum Gasteiger partial charge on any atom is 0.330 e. The molecular weight excluding hydrogens is 412 g/mol. The van der Waals surface area contributed by atoms with Crippen molar-refractivity contribution >= 4 is 39.1 Å². The Morgan fingerprint density at radius 2 is 2.03 bits per heavy atom. The van der Waals surface area contributed by atoms with Gasteiger partial charge in [-0.25, -0.2) is 14.0 Å². The fourth-order valence-corrected chi connectivity index (χ4v) is 6.18. The van der Waals surface area contributed by atoms with Crippen LogP contribution in [0.4, 0.5) is 10.5 Å². The number of ketones is 1. The molecule has 1 heterocycles. The van der Waals surface area contributed by atoms with Crippen LogP contribution in [0.2, 0.25) is 0 Å². The van der Waals surface area contributed by atoms with Gasteiger partial charge in [-0.2, -0.15) is 0 Å². The Bertz CT molecular complexity index is 1070. The van der Waals surface area contributed by atoms with Gasteiger partial charge in [-0.3, -0.25) is 14.7 Å². The van der Waals surface area contributed by atoms with Crippen LogP contribution < -0.4 is 15.2 Å². The molecule has 8 nitrogen and oxygen atoms in total. The van der Waals surface area contributed by atoms with Crippen LogP contribution >= 0.6 is 11.3 Å². The van der Waals surface area contributed by atoms with Gasteiger partial charge in [0.25, 0.3) is 0 Å². The number of aromatic nitrogens is 1. The summed E-state index contributed by atoms with van der Waals surface area (Å²) in [5, 5.41) is 18.7. The van der Waals surface area contributed by atoms with Crippen LogP contribution in [-0.2, 0) is 35.2 Å². The lowest BCUT2D eigenvalue weighted by Gasteiger charge is -2.21. The lowest BCUT2D eigenvalue weighted by Crippen LogP contribution is -2.45. The number of nitrogens with zero attached hydrogens (tertiary/aromatic N) is 1. The third kappa shape index (κ3) is 3.73. The van der Waals surface area contributed by atoms with E-state index in [0.29, 0.717) is 29.0 Å². The van der Waals surface area contributed by atoms with E-state index in [4.69, 9.17) is 5.14 Å². The Balaban J connectivity index is 1.58. The first-order chi connectivity index (χ1) is 13.6. The van der Waals surface area contributed by atoms with E-state index in [9.17, 15) is 18.9 Å². The van der Waals surface area contributed by atoms with Crippen molar-refractivity contribution < 1.29 is 18.9 Å². The van der Waals surface area contributed by atoms with Crippen LogP contribution in [0.25, 0.3) is 0 Å². The minimum atomic E-state index is -3.77. The summed E-state index contributed by atoms with van der Waals surface area (Å²) in [6.45, 7) is 3.17. The Morgan fingerprint density at radius 3 is 2.72 bits per heavy atom. The molecule has 5 N–H and O–H groups in total. The van der Waals surface area contributed by atoms with Crippen LogP contribution in [0.5, 0.6) is 0 Å². The van der Waals surface area contributed by atoms with E-state index >= 15 is 0 Å². The molecule has 2 aliphatic rings. The van der Waals surface area contributed by atoms with Crippen LogP contribution in [0.3, 0.4) is 0 Å². The fourth-order valence-electron chi connectivity index (χ4n) is 3.86. The monoisotopic (exact) mass is 436 g/mol. The molecule has 156 valence electrons. The van der Waals surface area contributed by atoms with Gasteiger partial charge in [0, 0.05) is 23.9 Å². The Labute approximate surface area is 173 Å². The normalized spacial score (nSPS) is 16.5. The molecule has 0 saturated heterocycles. The number of benzene rings is 1. The fraction of sp³-hybridized carbons (Fsp3) is 0.421. The third-order valence-corrected chi connectivity index (χ3v) is 8.72. The molecule has 0 aliphatic heterocycles. The summed E-state index contributed by atoms with van der Waals surface area (Å²) in [6, 6.07) is 1.26. The first-order valence-corrected chi connectivity index (χ1v) is 12.0. The van der Waals surface area contributed by atoms with Gasteiger partial charge in [0.1, 0.15) is 0 Å². The first kappa shape index (κ1) is 20.1. The number of Topliss-reactive ketones (excluding diaryl/α,β-unsaturated/α-hetero) is 1. The van der Waals surface area contributed by atoms with E-state index in [1.807, 2.05) is 6.07 Å². The average Bonchev–Trinajstić information content (AvgIpc) is 3.33. The minimum absolute atomic E-state index is 0.0588. The van der Waals surface area contributed by atoms with E-state index in [1.165, 1.54) is 6.20 Å². The molecule has 0 fully saturated rings. The van der Waals surface area contributed by atoms with E-state index in [-0.39, 0.29) is 10.1 Å². The van der Waals surface area contributed by atoms with Crippen LogP contribution in [0, 0.1) is 0 Å². The second-order valence-electron chi connectivity index (χ2n) is 7.98. The van der Waals surface area contributed by atoms with Crippen molar-refractivity contribution in [1.82, 2.24) is 9.71 Å². The summed E-state index contributed by atoms with van der Waals surface area (Å²) >= 11 is 0.999. The standard InChI is InChI=1S/C19H24N4O4S2/c1-19(2,26)15-9-21-18(28-15)29(20,27)23-17(25)22-16-11-5-3-4-10(11)8-13-12(16)6-7-14(13)24/h8-9,26,29H,3-7H2,1-2H3,(H4,20,22,23,25,27). The number of anilines is 1. The van der Waals surface area contributed by atoms with E-state index in [1.54, 1.807) is 13.8 Å². The Kier molecular flexibility index (Phi) is 4.85. The van der Waals surface area contributed by atoms with Crippen molar-refractivity contribution in [3.8, 4) is 0 Å². The number of carbonyl (C=O) groups is 2. The number of thiol groups is 1. The molecular formula is C19H24N4O4S2. The predicted octanol–water partition coefficient (Wildman–Crippen LogP) is 1.97. The molecule has 29 heavy (non-hydrogen) atoms. The van der Waals surface area contributed by atoms with Gasteiger partial charge in [0.15, 0.2) is 10.1 Å². The smallest absolute Gasteiger partial charge is 0.330 e. The number of hydrogen-bond acceptors (Lipinski definition) is 6. The predicted molar refractivity (Wildman–Crippen MR) is 113 cm³/mol. The highest BCUT2D eigenvalue weighted by molar-refractivity contribution is 8.01. The molecule has 2 aliphatic carbocycles. The molecule has 1 aromatic heterocycles. The van der Waals surface area contributed by atoms with Gasteiger partial charge in [-0.15, -0.1) is 11.3 Å². The van der Waals surface area contributed by atoms with Crippen molar-refractivity contribution in [2.75, 3.05) is 5.32 Å². The van der Waals surface area contributed by atoms with Crippen molar-refractivity contribution in [2.45, 2.75) is 55.9 Å². The van der Waals surface area contributed by atoms with Gasteiger partial charge >= 0.3 is 6.03 Å². The molecule has 0 spiro atoms. The number of rotatable bonds is 4. The largest absolute Gasteiger partial charge is 0.385 e. The molecule has 2 amide bonds. The number of nitrogens with one attached hydrogen (secondary N) is 2. The summed E-state index contributed by atoms with van der Waals surface area (Å²) in [6.07, 6.45) is 5.09. The topological polar surface area (TPSA) is 134 Å². The number of aryl methyl sites for hydroxylation is 1. The van der Waals surface area contributed by atoms with Crippen LogP contribution in [0.1, 0.15) is 58.6 Å². The highest BCUT2D eigenvalue weighted by atomic mass is 32.3. The average molecular weight is 437 g/mol. The molecule has 0 radical (unpaired) electrons. The summed E-state index contributed by atoms with van der Waals surface area (Å²) in [4.78, 5) is 29.4. The zero-order valence-electron chi connectivity index (χ0n) is 16.2. The zero-order valence-corrected chi connectivity index (χ0v) is 18.0. The number of aliphatic hydroxyl groups is 1. The number of carbonyl (C=O) groups excluding carboxylic acids is 2. The number of urea groups is 1.